The number of hydrogen-bond donors (Lipinski definition) is 2. The van der Waals surface area contributed by atoms with Crippen molar-refractivity contribution in [2.45, 2.75) is 19.9 Å². The maximum atomic E-state index is 11.1. The van der Waals surface area contributed by atoms with Crippen LogP contribution in [0.5, 0.6) is 5.75 Å². The highest BCUT2D eigenvalue weighted by molar-refractivity contribution is 7.97. The number of aromatic nitrogens is 1. The number of benzene rings is 2. The Kier molecular flexibility index (Phi) is 9.02. The van der Waals surface area contributed by atoms with Crippen LogP contribution in [0.1, 0.15) is 27.9 Å². The predicted octanol–water partition coefficient (Wildman–Crippen LogP) is 4.32. The van der Waals surface area contributed by atoms with Gasteiger partial charge in [0.25, 0.3) is 5.91 Å². The van der Waals surface area contributed by atoms with Crippen LogP contribution >= 0.6 is 11.9 Å². The summed E-state index contributed by atoms with van der Waals surface area (Å²) in [6.45, 7) is 7.72. The molecule has 0 aliphatic carbocycles. The quantitative estimate of drug-likeness (QED) is 0.563. The number of H-pyrrole nitrogens is 1. The van der Waals surface area contributed by atoms with E-state index in [4.69, 9.17) is 4.74 Å². The lowest BCUT2D eigenvalue weighted by Gasteiger charge is -2.22. The molecule has 2 heterocycles. The Morgan fingerprint density at radius 3 is 2.66 bits per heavy atom. The van der Waals surface area contributed by atoms with Crippen LogP contribution in [0.2, 0.25) is 0 Å². The molecule has 1 aliphatic heterocycles. The van der Waals surface area contributed by atoms with Crippen LogP contribution in [-0.4, -0.2) is 67.3 Å². The zero-order chi connectivity index (χ0) is 22.9. The van der Waals surface area contributed by atoms with Crippen molar-refractivity contribution >= 4 is 28.8 Å². The fourth-order valence-corrected chi connectivity index (χ4v) is 4.31. The number of hydrogen-bond acceptors (Lipinski definition) is 5. The van der Waals surface area contributed by atoms with E-state index in [0.29, 0.717) is 5.56 Å². The summed E-state index contributed by atoms with van der Waals surface area (Å²) in [6.07, 6.45) is 5.08. The van der Waals surface area contributed by atoms with Gasteiger partial charge in [-0.15, -0.1) is 0 Å². The topological polar surface area (TPSA) is 60.6 Å². The van der Waals surface area contributed by atoms with E-state index in [-0.39, 0.29) is 5.91 Å². The third kappa shape index (κ3) is 6.28. The second-order valence-corrected chi connectivity index (χ2v) is 8.69. The zero-order valence-corrected chi connectivity index (χ0v) is 20.3. The van der Waals surface area contributed by atoms with Gasteiger partial charge in [0.15, 0.2) is 0 Å². The van der Waals surface area contributed by atoms with Gasteiger partial charge < -0.3 is 14.6 Å². The first-order valence-electron chi connectivity index (χ1n) is 11.0. The van der Waals surface area contributed by atoms with Crippen molar-refractivity contribution in [3.05, 3.63) is 65.4 Å². The SMILES string of the molecule is COc1cc(C)c2[nH]ccc2c1CN1CCCN(C)CC1.CSNC(=O)c1ccccc1. The van der Waals surface area contributed by atoms with E-state index in [2.05, 4.69) is 45.6 Å². The molecule has 1 amide bonds. The van der Waals surface area contributed by atoms with E-state index >= 15 is 0 Å². The van der Waals surface area contributed by atoms with E-state index in [1.54, 1.807) is 19.2 Å². The largest absolute Gasteiger partial charge is 0.496 e. The van der Waals surface area contributed by atoms with Crippen LogP contribution in [-0.2, 0) is 6.54 Å². The maximum Gasteiger partial charge on any atom is 0.261 e. The number of aromatic amines is 1. The Hall–Kier alpha value is -2.48. The second kappa shape index (κ2) is 11.9. The van der Waals surface area contributed by atoms with Crippen molar-refractivity contribution in [2.24, 2.45) is 0 Å². The number of carbonyl (C=O) groups excluding carboxylic acids is 1. The molecule has 7 heteroatoms. The molecule has 6 nitrogen and oxygen atoms in total. The minimum Gasteiger partial charge on any atom is -0.496 e. The molecule has 0 saturated carbocycles. The Morgan fingerprint density at radius 2 is 1.94 bits per heavy atom. The van der Waals surface area contributed by atoms with Gasteiger partial charge in [0.2, 0.25) is 0 Å². The van der Waals surface area contributed by atoms with E-state index in [1.807, 2.05) is 30.7 Å². The first-order chi connectivity index (χ1) is 15.5. The van der Waals surface area contributed by atoms with Crippen molar-refractivity contribution < 1.29 is 9.53 Å². The van der Waals surface area contributed by atoms with Gasteiger partial charge in [-0.3, -0.25) is 14.4 Å². The first-order valence-corrected chi connectivity index (χ1v) is 12.2. The van der Waals surface area contributed by atoms with Crippen LogP contribution in [0.25, 0.3) is 10.9 Å². The number of nitrogens with one attached hydrogen (secondary N) is 2. The normalized spacial score (nSPS) is 15.0. The third-order valence-electron chi connectivity index (χ3n) is 5.76. The van der Waals surface area contributed by atoms with E-state index in [0.717, 1.165) is 31.9 Å². The number of fused-ring (bicyclic) bond motifs is 1. The van der Waals surface area contributed by atoms with Crippen molar-refractivity contribution in [3.63, 3.8) is 0 Å². The summed E-state index contributed by atoms with van der Waals surface area (Å²) in [6, 6.07) is 13.5. The number of likely N-dealkylation sites (N-methyl/N-ethyl adjacent to an activating group) is 1. The number of amides is 1. The van der Waals surface area contributed by atoms with E-state index in [9.17, 15) is 4.79 Å². The molecule has 1 fully saturated rings. The van der Waals surface area contributed by atoms with E-state index < -0.39 is 0 Å². The standard InChI is InChI=1S/C17H25N3O.C8H9NOS/c1-13-11-16(21-3)15(14-5-6-18-17(13)14)12-20-8-4-7-19(2)9-10-20;1-11-9-8(10)7-5-3-2-4-6-7/h5-6,11,18H,4,7-10,12H2,1-3H3;2-6H,1H3,(H,9,10). The van der Waals surface area contributed by atoms with Crippen LogP contribution < -0.4 is 9.46 Å². The number of ether oxygens (including phenoxy) is 1. The molecule has 0 spiro atoms. The molecular weight excluding hydrogens is 420 g/mol. The minimum absolute atomic E-state index is 0.0434. The molecule has 1 aliphatic rings. The monoisotopic (exact) mass is 454 g/mol. The molecule has 32 heavy (non-hydrogen) atoms. The molecule has 0 radical (unpaired) electrons. The number of rotatable bonds is 5. The van der Waals surface area contributed by atoms with Crippen LogP contribution in [0.4, 0.5) is 0 Å². The Labute approximate surface area is 195 Å². The van der Waals surface area contributed by atoms with E-state index in [1.165, 1.54) is 46.9 Å². The minimum atomic E-state index is -0.0434. The van der Waals surface area contributed by atoms with Gasteiger partial charge in [0.1, 0.15) is 5.75 Å². The Balaban J connectivity index is 0.000000222. The lowest BCUT2D eigenvalue weighted by atomic mass is 10.0. The summed E-state index contributed by atoms with van der Waals surface area (Å²) >= 11 is 1.31. The molecule has 3 aromatic rings. The molecule has 1 aromatic heterocycles. The third-order valence-corrected chi connectivity index (χ3v) is 6.15. The molecule has 4 rings (SSSR count). The highest BCUT2D eigenvalue weighted by Gasteiger charge is 2.17. The molecule has 2 N–H and O–H groups in total. The number of nitrogens with zero attached hydrogens (tertiary/aromatic N) is 2. The summed E-state index contributed by atoms with van der Waals surface area (Å²) in [5.74, 6) is 0.968. The highest BCUT2D eigenvalue weighted by atomic mass is 32.2. The molecule has 1 saturated heterocycles. The summed E-state index contributed by atoms with van der Waals surface area (Å²) < 4.78 is 8.29. The highest BCUT2D eigenvalue weighted by Crippen LogP contribution is 2.31. The van der Waals surface area contributed by atoms with Crippen LogP contribution in [0, 0.1) is 6.92 Å². The molecule has 0 unspecified atom stereocenters. The summed E-state index contributed by atoms with van der Waals surface area (Å²) in [5.41, 5.74) is 4.48. The van der Waals surface area contributed by atoms with Gasteiger partial charge in [-0.25, -0.2) is 0 Å². The van der Waals surface area contributed by atoms with Gasteiger partial charge in [0.05, 0.1) is 7.11 Å². The average molecular weight is 455 g/mol. The molecule has 2 aromatic carbocycles. The smallest absolute Gasteiger partial charge is 0.261 e. The second-order valence-electron chi connectivity index (χ2n) is 8.07. The van der Waals surface area contributed by atoms with Crippen LogP contribution in [0.15, 0.2) is 48.7 Å². The number of aryl methyl sites for hydroxylation is 1. The Bertz CT molecular complexity index is 1010. The molecule has 0 bridgehead atoms. The van der Waals surface area contributed by atoms with Gasteiger partial charge >= 0.3 is 0 Å². The van der Waals surface area contributed by atoms with Crippen molar-refractivity contribution in [2.75, 3.05) is 46.6 Å². The predicted molar refractivity (Wildman–Crippen MR) is 134 cm³/mol. The average Bonchev–Trinajstić information content (AvgIpc) is 3.22. The summed E-state index contributed by atoms with van der Waals surface area (Å²) in [7, 11) is 3.98. The lowest BCUT2D eigenvalue weighted by Crippen LogP contribution is -2.28. The first kappa shape index (κ1) is 24.2. The van der Waals surface area contributed by atoms with Crippen LogP contribution in [0.3, 0.4) is 0 Å². The zero-order valence-electron chi connectivity index (χ0n) is 19.5. The summed E-state index contributed by atoms with van der Waals surface area (Å²) in [5, 5.41) is 1.30. The van der Waals surface area contributed by atoms with Gasteiger partial charge in [0, 0.05) is 54.1 Å². The summed E-state index contributed by atoms with van der Waals surface area (Å²) in [4.78, 5) is 19.4. The van der Waals surface area contributed by atoms with Crippen molar-refractivity contribution in [1.82, 2.24) is 19.5 Å². The van der Waals surface area contributed by atoms with Gasteiger partial charge in [-0.2, -0.15) is 0 Å². The fourth-order valence-electron chi connectivity index (χ4n) is 4.00. The molecule has 172 valence electrons. The van der Waals surface area contributed by atoms with Crippen molar-refractivity contribution in [1.29, 1.82) is 0 Å². The van der Waals surface area contributed by atoms with Gasteiger partial charge in [-0.05, 0) is 63.3 Å². The molecular formula is C25H34N4O2S. The number of methoxy groups -OCH3 is 1. The van der Waals surface area contributed by atoms with Gasteiger partial charge in [-0.1, -0.05) is 30.1 Å². The molecule has 0 atom stereocenters. The Morgan fingerprint density at radius 1 is 1.16 bits per heavy atom. The lowest BCUT2D eigenvalue weighted by molar-refractivity contribution is 0.0984. The van der Waals surface area contributed by atoms with Crippen molar-refractivity contribution in [3.8, 4) is 5.75 Å². The maximum absolute atomic E-state index is 11.1. The fraction of sp³-hybridized carbons (Fsp3) is 0.400. The number of carbonyl (C=O) groups is 1.